The van der Waals surface area contributed by atoms with Crippen molar-refractivity contribution in [2.45, 2.75) is 433 Å². The fourth-order valence-electron chi connectivity index (χ4n) is 12.4. The molecular weight excluding hydrogens is 1310 g/mol. The molecule has 0 amide bonds. The summed E-state index contributed by atoms with van der Waals surface area (Å²) < 4.78 is 68.7. The molecule has 19 heteroatoms. The zero-order valence-electron chi connectivity index (χ0n) is 65.8. The fraction of sp³-hybridized carbons (Fsp3) is 0.951. The summed E-state index contributed by atoms with van der Waals surface area (Å²) in [6, 6.07) is 0. The third-order valence-electron chi connectivity index (χ3n) is 19.2. The van der Waals surface area contributed by atoms with E-state index in [0.717, 1.165) is 114 Å². The van der Waals surface area contributed by atoms with Gasteiger partial charge in [-0.1, -0.05) is 364 Å². The van der Waals surface area contributed by atoms with Gasteiger partial charge in [-0.2, -0.15) is 0 Å². The maximum absolute atomic E-state index is 13.1. The third kappa shape index (κ3) is 73.0. The number of carbonyl (C=O) groups excluding carboxylic acids is 4. The summed E-state index contributed by atoms with van der Waals surface area (Å²) in [6.07, 6.45) is 57.0. The van der Waals surface area contributed by atoms with E-state index in [1.165, 1.54) is 212 Å². The lowest BCUT2D eigenvalue weighted by Crippen LogP contribution is -2.30. The predicted molar refractivity (Wildman–Crippen MR) is 409 cm³/mol. The molecule has 594 valence electrons. The smallest absolute Gasteiger partial charge is 0.462 e. The van der Waals surface area contributed by atoms with E-state index in [-0.39, 0.29) is 25.7 Å². The normalized spacial score (nSPS) is 14.3. The van der Waals surface area contributed by atoms with Crippen LogP contribution in [0.25, 0.3) is 0 Å². The van der Waals surface area contributed by atoms with Crippen LogP contribution in [0.4, 0.5) is 0 Å². The summed E-state index contributed by atoms with van der Waals surface area (Å²) in [6.45, 7) is 14.2. The van der Waals surface area contributed by atoms with Crippen LogP contribution in [0.2, 0.25) is 0 Å². The average molecular weight is 1470 g/mol. The van der Waals surface area contributed by atoms with E-state index in [1.54, 1.807) is 0 Å². The largest absolute Gasteiger partial charge is 0.472 e. The van der Waals surface area contributed by atoms with Crippen molar-refractivity contribution in [3.8, 4) is 0 Å². The Hall–Kier alpha value is -1.94. The number of phosphoric ester groups is 2. The summed E-state index contributed by atoms with van der Waals surface area (Å²) in [5, 5.41) is 10.6. The molecule has 0 rings (SSSR count). The maximum Gasteiger partial charge on any atom is 0.472 e. The van der Waals surface area contributed by atoms with Crippen LogP contribution in [0.15, 0.2) is 0 Å². The summed E-state index contributed by atoms with van der Waals surface area (Å²) >= 11 is 0. The molecule has 0 aliphatic heterocycles. The molecule has 0 saturated heterocycles. The highest BCUT2D eigenvalue weighted by molar-refractivity contribution is 7.47. The zero-order chi connectivity index (χ0) is 73.8. The molecule has 0 saturated carbocycles. The van der Waals surface area contributed by atoms with Gasteiger partial charge < -0.3 is 33.8 Å². The van der Waals surface area contributed by atoms with E-state index in [4.69, 9.17) is 37.0 Å². The molecule has 0 spiro atoms. The first-order valence-electron chi connectivity index (χ1n) is 41.7. The number of carbonyl (C=O) groups is 4. The average Bonchev–Trinajstić information content (AvgIpc) is 0.987. The second kappa shape index (κ2) is 70.1. The van der Waals surface area contributed by atoms with Crippen LogP contribution in [0.1, 0.15) is 415 Å². The van der Waals surface area contributed by atoms with Crippen LogP contribution >= 0.6 is 15.6 Å². The van der Waals surface area contributed by atoms with Gasteiger partial charge in [0.25, 0.3) is 0 Å². The van der Waals surface area contributed by atoms with Crippen molar-refractivity contribution in [2.75, 3.05) is 39.6 Å². The van der Waals surface area contributed by atoms with E-state index in [0.29, 0.717) is 31.6 Å². The molecule has 0 aromatic carbocycles. The quantitative estimate of drug-likeness (QED) is 0.0222. The van der Waals surface area contributed by atoms with Crippen LogP contribution in [0, 0.1) is 23.7 Å². The maximum atomic E-state index is 13.1. The SMILES string of the molecule is CCC(C)CCCCCCCCCCCCC(=O)O[C@H](COC(=O)CCCCCCCCCCCCCCCC(C)C)COP(=O)(O)OCC(O)COP(=O)(O)OC[C@@H](COC(=O)CCCCCCCCC(C)C)OC(=O)CCCCCCCCCCCCCCCCCCCCC(C)C. The Bertz CT molecular complexity index is 1960. The molecule has 0 radical (unpaired) electrons. The van der Waals surface area contributed by atoms with Gasteiger partial charge in [-0.3, -0.25) is 37.3 Å². The number of rotatable bonds is 78. The van der Waals surface area contributed by atoms with Crippen LogP contribution in [0.3, 0.4) is 0 Å². The molecular formula is C81H158O17P2. The minimum atomic E-state index is -4.96. The van der Waals surface area contributed by atoms with Gasteiger partial charge in [0.2, 0.25) is 0 Å². The van der Waals surface area contributed by atoms with Gasteiger partial charge in [-0.15, -0.1) is 0 Å². The molecule has 100 heavy (non-hydrogen) atoms. The lowest BCUT2D eigenvalue weighted by atomic mass is 9.99. The van der Waals surface area contributed by atoms with Crippen molar-refractivity contribution in [2.24, 2.45) is 23.7 Å². The number of ether oxygens (including phenoxy) is 4. The van der Waals surface area contributed by atoms with E-state index in [2.05, 4.69) is 55.4 Å². The van der Waals surface area contributed by atoms with Gasteiger partial charge in [-0.05, 0) is 49.4 Å². The number of hydrogen-bond donors (Lipinski definition) is 3. The number of phosphoric acid groups is 2. The summed E-state index contributed by atoms with van der Waals surface area (Å²) in [5.74, 6) is 0.977. The molecule has 0 aromatic rings. The number of aliphatic hydroxyl groups excluding tert-OH is 1. The number of hydrogen-bond acceptors (Lipinski definition) is 15. The molecule has 17 nitrogen and oxygen atoms in total. The molecule has 0 fully saturated rings. The third-order valence-corrected chi connectivity index (χ3v) is 21.1. The standard InChI is InChI=1S/C81H158O17P2/c1-9-74(8)60-52-44-35-29-25-26-32-38-48-56-64-81(86)97-76(67-91-78(83)61-53-45-36-30-23-20-16-18-22-28-34-42-50-58-72(4)5)69-95-99(87,88)93-65-75(82)66-94-100(89,90)96-70-77(68-92-79(84)62-54-46-40-39-43-51-59-73(6)7)98-80(85)63-55-47-37-31-24-19-15-13-11-10-12-14-17-21-27-33-41-49-57-71(2)3/h71-77,82H,9-70H2,1-8H3,(H,87,88)(H,89,90)/t74?,75?,76-,77-/m1/s1. The first kappa shape index (κ1) is 98.1. The number of unbranched alkanes of at least 4 members (excludes halogenated alkanes) is 43. The highest BCUT2D eigenvalue weighted by Gasteiger charge is 2.30. The summed E-state index contributed by atoms with van der Waals surface area (Å²) in [5.41, 5.74) is 0. The van der Waals surface area contributed by atoms with Crippen molar-refractivity contribution in [1.82, 2.24) is 0 Å². The number of aliphatic hydroxyl groups is 1. The first-order valence-corrected chi connectivity index (χ1v) is 44.7. The van der Waals surface area contributed by atoms with Gasteiger partial charge >= 0.3 is 39.5 Å². The number of esters is 4. The van der Waals surface area contributed by atoms with Crippen LogP contribution in [-0.4, -0.2) is 96.7 Å². The van der Waals surface area contributed by atoms with Crippen LogP contribution < -0.4 is 0 Å². The second-order valence-electron chi connectivity index (χ2n) is 30.8. The van der Waals surface area contributed by atoms with Gasteiger partial charge in [0.15, 0.2) is 12.2 Å². The van der Waals surface area contributed by atoms with Crippen molar-refractivity contribution in [1.29, 1.82) is 0 Å². The second-order valence-corrected chi connectivity index (χ2v) is 33.7. The Balaban J connectivity index is 5.19. The molecule has 0 bridgehead atoms. The summed E-state index contributed by atoms with van der Waals surface area (Å²) in [7, 11) is -9.92. The van der Waals surface area contributed by atoms with E-state index >= 15 is 0 Å². The van der Waals surface area contributed by atoms with Crippen LogP contribution in [0.5, 0.6) is 0 Å². The lowest BCUT2D eigenvalue weighted by molar-refractivity contribution is -0.161. The van der Waals surface area contributed by atoms with E-state index in [9.17, 15) is 43.2 Å². The summed E-state index contributed by atoms with van der Waals surface area (Å²) in [4.78, 5) is 73.0. The molecule has 6 atom stereocenters. The Kier molecular flexibility index (Phi) is 68.7. The minimum Gasteiger partial charge on any atom is -0.462 e. The van der Waals surface area contributed by atoms with Gasteiger partial charge in [0.05, 0.1) is 26.4 Å². The molecule has 0 aliphatic rings. The van der Waals surface area contributed by atoms with Crippen molar-refractivity contribution in [3.63, 3.8) is 0 Å². The zero-order valence-corrected chi connectivity index (χ0v) is 67.6. The Morgan fingerprint density at radius 1 is 0.280 bits per heavy atom. The van der Waals surface area contributed by atoms with E-state index < -0.39 is 97.5 Å². The Labute approximate surface area is 613 Å². The highest BCUT2D eigenvalue weighted by atomic mass is 31.2. The van der Waals surface area contributed by atoms with E-state index in [1.807, 2.05) is 0 Å². The monoisotopic (exact) mass is 1470 g/mol. The first-order chi connectivity index (χ1) is 48.1. The molecule has 0 aliphatic carbocycles. The Morgan fingerprint density at radius 3 is 0.710 bits per heavy atom. The van der Waals surface area contributed by atoms with Gasteiger partial charge in [0, 0.05) is 25.7 Å². The minimum absolute atomic E-state index is 0.106. The molecule has 0 heterocycles. The Morgan fingerprint density at radius 2 is 0.480 bits per heavy atom. The van der Waals surface area contributed by atoms with Gasteiger partial charge in [-0.25, -0.2) is 9.13 Å². The van der Waals surface area contributed by atoms with Crippen molar-refractivity contribution < 1.29 is 80.2 Å². The topological polar surface area (TPSA) is 237 Å². The predicted octanol–water partition coefficient (Wildman–Crippen LogP) is 24.0. The molecule has 4 unspecified atom stereocenters. The lowest BCUT2D eigenvalue weighted by Gasteiger charge is -2.21. The van der Waals surface area contributed by atoms with Gasteiger partial charge in [0.1, 0.15) is 19.3 Å². The molecule has 3 N–H and O–H groups in total. The van der Waals surface area contributed by atoms with Crippen molar-refractivity contribution >= 4 is 39.5 Å². The van der Waals surface area contributed by atoms with Crippen molar-refractivity contribution in [3.05, 3.63) is 0 Å². The molecule has 0 aromatic heterocycles. The van der Waals surface area contributed by atoms with Crippen LogP contribution in [-0.2, 0) is 65.4 Å². The highest BCUT2D eigenvalue weighted by Crippen LogP contribution is 2.45. The fourth-order valence-corrected chi connectivity index (χ4v) is 14.0.